The first-order chi connectivity index (χ1) is 16.1. The molecule has 0 atom stereocenters. The van der Waals surface area contributed by atoms with Gasteiger partial charge in [0.05, 0.1) is 17.7 Å². The van der Waals surface area contributed by atoms with Crippen LogP contribution in [0.4, 0.5) is 13.2 Å². The SMILES string of the molecule is CC(C=CCCCCCCCOc1ccc2cc(C(F)(F)F)ccc2n1)=CC(=O)NCC(C)C. The lowest BCUT2D eigenvalue weighted by molar-refractivity contribution is -0.137. The summed E-state index contributed by atoms with van der Waals surface area (Å²) in [6.07, 6.45) is 7.60. The van der Waals surface area contributed by atoms with Crippen LogP contribution in [0, 0.1) is 5.92 Å². The number of unbranched alkanes of at least 4 members (excludes halogenated alkanes) is 5. The van der Waals surface area contributed by atoms with E-state index in [2.05, 4.69) is 30.2 Å². The van der Waals surface area contributed by atoms with Gasteiger partial charge in [-0.25, -0.2) is 4.98 Å². The van der Waals surface area contributed by atoms with Crippen molar-refractivity contribution in [2.75, 3.05) is 13.2 Å². The number of benzene rings is 1. The topological polar surface area (TPSA) is 51.2 Å². The molecule has 0 saturated carbocycles. The van der Waals surface area contributed by atoms with Gasteiger partial charge in [-0.05, 0) is 61.9 Å². The number of ether oxygens (including phenoxy) is 1. The van der Waals surface area contributed by atoms with Gasteiger partial charge in [-0.2, -0.15) is 13.2 Å². The van der Waals surface area contributed by atoms with Crippen molar-refractivity contribution in [3.63, 3.8) is 0 Å². The number of nitrogens with zero attached hydrogens (tertiary/aromatic N) is 1. The number of aromatic nitrogens is 1. The molecule has 0 aliphatic heterocycles. The summed E-state index contributed by atoms with van der Waals surface area (Å²) in [7, 11) is 0. The number of carbonyl (C=O) groups excluding carboxylic acids is 1. The average molecular weight is 477 g/mol. The normalized spacial score (nSPS) is 12.6. The molecule has 186 valence electrons. The van der Waals surface area contributed by atoms with Crippen LogP contribution in [0.3, 0.4) is 0 Å². The smallest absolute Gasteiger partial charge is 0.416 e. The van der Waals surface area contributed by atoms with E-state index >= 15 is 0 Å². The van der Waals surface area contributed by atoms with Gasteiger partial charge in [-0.15, -0.1) is 0 Å². The summed E-state index contributed by atoms with van der Waals surface area (Å²) in [6, 6.07) is 6.73. The van der Waals surface area contributed by atoms with Gasteiger partial charge in [0.2, 0.25) is 11.8 Å². The molecule has 1 N–H and O–H groups in total. The summed E-state index contributed by atoms with van der Waals surface area (Å²) >= 11 is 0. The first-order valence-corrected chi connectivity index (χ1v) is 11.9. The lowest BCUT2D eigenvalue weighted by Crippen LogP contribution is -2.25. The van der Waals surface area contributed by atoms with Crippen LogP contribution in [0.2, 0.25) is 0 Å². The molecule has 0 unspecified atom stereocenters. The molecule has 0 aliphatic rings. The van der Waals surface area contributed by atoms with Gasteiger partial charge in [-0.1, -0.05) is 45.3 Å². The standard InChI is InChI=1S/C27H35F3N2O2/c1-20(2)19-31-25(33)17-21(3)11-9-7-5-4-6-8-10-16-34-26-15-12-22-18-23(27(28,29)30)13-14-24(22)32-26/h9,11-15,17-18,20H,4-8,10,16,19H2,1-3H3,(H,31,33). The Bertz CT molecular complexity index is 981. The van der Waals surface area contributed by atoms with E-state index in [1.807, 2.05) is 13.0 Å². The summed E-state index contributed by atoms with van der Waals surface area (Å²) in [5, 5.41) is 3.31. The van der Waals surface area contributed by atoms with Gasteiger partial charge in [0, 0.05) is 24.1 Å². The Balaban J connectivity index is 1.58. The number of halogens is 3. The van der Waals surface area contributed by atoms with E-state index in [1.165, 1.54) is 6.07 Å². The molecule has 2 rings (SSSR count). The summed E-state index contributed by atoms with van der Waals surface area (Å²) in [6.45, 7) is 7.26. The number of rotatable bonds is 13. The largest absolute Gasteiger partial charge is 0.478 e. The van der Waals surface area contributed by atoms with Crippen molar-refractivity contribution in [1.82, 2.24) is 10.3 Å². The summed E-state index contributed by atoms with van der Waals surface area (Å²) < 4.78 is 44.1. The molecule has 1 aromatic heterocycles. The van der Waals surface area contributed by atoms with Crippen LogP contribution in [-0.4, -0.2) is 24.0 Å². The maximum atomic E-state index is 12.8. The zero-order valence-electron chi connectivity index (χ0n) is 20.3. The van der Waals surface area contributed by atoms with Crippen LogP contribution in [0.1, 0.15) is 64.9 Å². The van der Waals surface area contributed by atoms with Crippen molar-refractivity contribution in [2.45, 2.75) is 65.5 Å². The number of fused-ring (bicyclic) bond motifs is 1. The van der Waals surface area contributed by atoms with Gasteiger partial charge in [0.25, 0.3) is 0 Å². The lowest BCUT2D eigenvalue weighted by Gasteiger charge is -2.09. The van der Waals surface area contributed by atoms with E-state index in [1.54, 1.807) is 18.2 Å². The third kappa shape index (κ3) is 10.4. The summed E-state index contributed by atoms with van der Waals surface area (Å²) in [4.78, 5) is 16.0. The van der Waals surface area contributed by atoms with Crippen molar-refractivity contribution in [2.24, 2.45) is 5.92 Å². The minimum absolute atomic E-state index is 0.0486. The lowest BCUT2D eigenvalue weighted by atomic mass is 10.1. The van der Waals surface area contributed by atoms with Gasteiger partial charge >= 0.3 is 6.18 Å². The highest BCUT2D eigenvalue weighted by molar-refractivity contribution is 5.88. The van der Waals surface area contributed by atoms with Crippen LogP contribution in [0.5, 0.6) is 5.88 Å². The van der Waals surface area contributed by atoms with E-state index in [0.29, 0.717) is 35.9 Å². The molecule has 7 heteroatoms. The zero-order chi connectivity index (χ0) is 25.0. The Morgan fingerprint density at radius 2 is 1.82 bits per heavy atom. The van der Waals surface area contributed by atoms with Crippen molar-refractivity contribution in [1.29, 1.82) is 0 Å². The third-order valence-corrected chi connectivity index (χ3v) is 5.18. The molecular formula is C27H35F3N2O2. The number of pyridine rings is 1. The molecule has 0 fully saturated rings. The van der Waals surface area contributed by atoms with Gasteiger partial charge in [-0.3, -0.25) is 4.79 Å². The fraction of sp³-hybridized carbons (Fsp3) is 0.481. The molecule has 34 heavy (non-hydrogen) atoms. The average Bonchev–Trinajstić information content (AvgIpc) is 2.77. The first-order valence-electron chi connectivity index (χ1n) is 11.9. The second-order valence-electron chi connectivity index (χ2n) is 8.89. The molecule has 0 radical (unpaired) electrons. The van der Waals surface area contributed by atoms with E-state index in [-0.39, 0.29) is 5.91 Å². The molecule has 1 aromatic carbocycles. The fourth-order valence-corrected chi connectivity index (χ4v) is 3.31. The number of alkyl halides is 3. The summed E-state index contributed by atoms with van der Waals surface area (Å²) in [5.41, 5.74) is 0.753. The molecule has 1 amide bonds. The van der Waals surface area contributed by atoms with Crippen molar-refractivity contribution in [3.05, 3.63) is 59.7 Å². The maximum absolute atomic E-state index is 12.8. The van der Waals surface area contributed by atoms with Crippen LogP contribution >= 0.6 is 0 Å². The Kier molecular flexibility index (Phi) is 11.1. The van der Waals surface area contributed by atoms with Crippen molar-refractivity contribution >= 4 is 16.8 Å². The van der Waals surface area contributed by atoms with E-state index in [4.69, 9.17) is 4.74 Å². The Morgan fingerprint density at radius 1 is 1.09 bits per heavy atom. The highest BCUT2D eigenvalue weighted by Crippen LogP contribution is 2.31. The molecule has 2 aromatic rings. The van der Waals surface area contributed by atoms with E-state index in [9.17, 15) is 18.0 Å². The van der Waals surface area contributed by atoms with Gasteiger partial charge in [0.15, 0.2) is 0 Å². The minimum atomic E-state index is -4.36. The third-order valence-electron chi connectivity index (χ3n) is 5.18. The van der Waals surface area contributed by atoms with Gasteiger partial charge < -0.3 is 10.1 Å². The highest BCUT2D eigenvalue weighted by atomic mass is 19.4. The number of nitrogens with one attached hydrogen (secondary N) is 1. The van der Waals surface area contributed by atoms with Crippen molar-refractivity contribution in [3.8, 4) is 5.88 Å². The molecule has 0 aliphatic carbocycles. The van der Waals surface area contributed by atoms with E-state index in [0.717, 1.165) is 56.2 Å². The second kappa shape index (κ2) is 13.8. The van der Waals surface area contributed by atoms with Crippen LogP contribution < -0.4 is 10.1 Å². The van der Waals surface area contributed by atoms with Crippen LogP contribution in [0.15, 0.2) is 54.1 Å². The number of hydrogen-bond acceptors (Lipinski definition) is 3. The number of allylic oxidation sites excluding steroid dienone is 3. The predicted octanol–water partition coefficient (Wildman–Crippen LogP) is 7.25. The number of carbonyl (C=O) groups is 1. The molecule has 0 bridgehead atoms. The molecule has 1 heterocycles. The minimum Gasteiger partial charge on any atom is -0.478 e. The summed E-state index contributed by atoms with van der Waals surface area (Å²) in [5.74, 6) is 0.819. The van der Waals surface area contributed by atoms with E-state index < -0.39 is 11.7 Å². The number of amides is 1. The molecule has 0 spiro atoms. The Labute approximate surface area is 200 Å². The molecular weight excluding hydrogens is 441 g/mol. The van der Waals surface area contributed by atoms with Crippen LogP contribution in [0.25, 0.3) is 10.9 Å². The van der Waals surface area contributed by atoms with Crippen LogP contribution in [-0.2, 0) is 11.0 Å². The van der Waals surface area contributed by atoms with Crippen molar-refractivity contribution < 1.29 is 22.7 Å². The monoisotopic (exact) mass is 476 g/mol. The second-order valence-corrected chi connectivity index (χ2v) is 8.89. The molecule has 4 nitrogen and oxygen atoms in total. The fourth-order valence-electron chi connectivity index (χ4n) is 3.31. The Morgan fingerprint density at radius 3 is 2.56 bits per heavy atom. The number of hydrogen-bond donors (Lipinski definition) is 1. The predicted molar refractivity (Wildman–Crippen MR) is 131 cm³/mol. The highest BCUT2D eigenvalue weighted by Gasteiger charge is 2.30. The van der Waals surface area contributed by atoms with Gasteiger partial charge in [0.1, 0.15) is 0 Å². The quantitative estimate of drug-likeness (QED) is 0.188. The Hall–Kier alpha value is -2.83. The zero-order valence-corrected chi connectivity index (χ0v) is 20.3. The molecule has 0 saturated heterocycles. The maximum Gasteiger partial charge on any atom is 0.416 e. The first kappa shape index (κ1) is 27.4.